The fourth-order valence-corrected chi connectivity index (χ4v) is 5.40. The van der Waals surface area contributed by atoms with E-state index in [1.165, 1.54) is 31.2 Å². The summed E-state index contributed by atoms with van der Waals surface area (Å²) in [5.41, 5.74) is 4.58. The molecule has 2 amide bonds. The quantitative estimate of drug-likeness (QED) is 0.643. The minimum Gasteiger partial charge on any atom is -0.366 e. The predicted octanol–water partition coefficient (Wildman–Crippen LogP) is 5.23. The number of hydrogen-bond acceptors (Lipinski definition) is 3. The highest BCUT2D eigenvalue weighted by Gasteiger charge is 2.45. The van der Waals surface area contributed by atoms with Crippen molar-refractivity contribution in [2.45, 2.75) is 84.6 Å². The number of hydrogen-bond donors (Lipinski definition) is 0. The van der Waals surface area contributed by atoms with Crippen molar-refractivity contribution in [1.82, 2.24) is 9.80 Å². The Morgan fingerprint density at radius 3 is 2.20 bits per heavy atom. The van der Waals surface area contributed by atoms with Crippen LogP contribution in [0.2, 0.25) is 0 Å². The van der Waals surface area contributed by atoms with E-state index in [4.69, 9.17) is 0 Å². The van der Waals surface area contributed by atoms with Gasteiger partial charge in [-0.25, -0.2) is 0 Å². The minimum atomic E-state index is -0.0675. The van der Waals surface area contributed by atoms with Gasteiger partial charge in [0.25, 0.3) is 11.8 Å². The van der Waals surface area contributed by atoms with Crippen LogP contribution in [-0.2, 0) is 9.59 Å². The van der Waals surface area contributed by atoms with Crippen LogP contribution < -0.4 is 0 Å². The van der Waals surface area contributed by atoms with E-state index in [1.54, 1.807) is 4.90 Å². The van der Waals surface area contributed by atoms with Crippen LogP contribution in [0.5, 0.6) is 0 Å². The van der Waals surface area contributed by atoms with Crippen molar-refractivity contribution in [3.8, 4) is 0 Å². The summed E-state index contributed by atoms with van der Waals surface area (Å²) in [5, 5.41) is 0. The van der Waals surface area contributed by atoms with Gasteiger partial charge in [-0.05, 0) is 62.1 Å². The van der Waals surface area contributed by atoms with Crippen molar-refractivity contribution < 1.29 is 9.59 Å². The second kappa shape index (κ2) is 8.95. The molecule has 1 aliphatic carbocycles. The molecule has 4 heteroatoms. The van der Waals surface area contributed by atoms with Crippen molar-refractivity contribution in [2.24, 2.45) is 5.92 Å². The van der Waals surface area contributed by atoms with Gasteiger partial charge >= 0.3 is 0 Å². The van der Waals surface area contributed by atoms with Gasteiger partial charge in [0, 0.05) is 19.1 Å². The summed E-state index contributed by atoms with van der Waals surface area (Å²) < 4.78 is 0. The number of aryl methyl sites for hydroxylation is 2. The molecule has 1 aromatic rings. The third-order valence-electron chi connectivity index (χ3n) is 7.30. The largest absolute Gasteiger partial charge is 0.366 e. The Morgan fingerprint density at radius 1 is 0.833 bits per heavy atom. The highest BCUT2D eigenvalue weighted by Crippen LogP contribution is 2.37. The number of nitrogens with zero attached hydrogens (tertiary/aromatic N) is 2. The molecule has 3 aliphatic rings. The number of carbonyl (C=O) groups is 2. The van der Waals surface area contributed by atoms with Gasteiger partial charge in [0.1, 0.15) is 5.70 Å². The van der Waals surface area contributed by atoms with Gasteiger partial charge in [-0.1, -0.05) is 57.2 Å². The van der Waals surface area contributed by atoms with Gasteiger partial charge in [-0.15, -0.1) is 0 Å². The zero-order chi connectivity index (χ0) is 21.3. The summed E-state index contributed by atoms with van der Waals surface area (Å²) in [7, 11) is 0. The first-order chi connectivity index (χ1) is 14.5. The lowest BCUT2D eigenvalue weighted by atomic mass is 9.95. The molecule has 1 saturated carbocycles. The number of amides is 2. The summed E-state index contributed by atoms with van der Waals surface area (Å²) in [5.74, 6) is 0.431. The fraction of sp³-hybridized carbons (Fsp3) is 0.615. The first-order valence-electron chi connectivity index (χ1n) is 11.9. The molecule has 0 N–H and O–H groups in total. The number of carbonyl (C=O) groups excluding carboxylic acids is 2. The Kier molecular flexibility index (Phi) is 6.31. The highest BCUT2D eigenvalue weighted by molar-refractivity contribution is 6.35. The summed E-state index contributed by atoms with van der Waals surface area (Å²) in [4.78, 5) is 31.4. The molecule has 162 valence electrons. The van der Waals surface area contributed by atoms with E-state index in [2.05, 4.69) is 37.8 Å². The number of piperidine rings is 1. The second-order valence-electron chi connectivity index (χ2n) is 9.70. The van der Waals surface area contributed by atoms with Gasteiger partial charge in [0.15, 0.2) is 0 Å². The van der Waals surface area contributed by atoms with E-state index in [-0.39, 0.29) is 17.9 Å². The molecule has 30 heavy (non-hydrogen) atoms. The molecule has 4 rings (SSSR count). The zero-order valence-electron chi connectivity index (χ0n) is 18.9. The lowest BCUT2D eigenvalue weighted by Crippen LogP contribution is -2.44. The van der Waals surface area contributed by atoms with Crippen LogP contribution in [0, 0.1) is 19.8 Å². The Balaban J connectivity index is 1.74. The van der Waals surface area contributed by atoms with Crippen molar-refractivity contribution in [2.75, 3.05) is 13.1 Å². The molecule has 0 bridgehead atoms. The van der Waals surface area contributed by atoms with Gasteiger partial charge in [-0.3, -0.25) is 14.5 Å². The maximum absolute atomic E-state index is 13.8. The lowest BCUT2D eigenvalue weighted by molar-refractivity contribution is -0.140. The van der Waals surface area contributed by atoms with Crippen LogP contribution in [0.25, 0.3) is 5.57 Å². The Hall–Kier alpha value is -2.10. The second-order valence-corrected chi connectivity index (χ2v) is 9.70. The minimum absolute atomic E-state index is 0.0477. The molecule has 0 radical (unpaired) electrons. The normalized spacial score (nSPS) is 24.4. The molecule has 0 aromatic heterocycles. The Morgan fingerprint density at radius 2 is 1.53 bits per heavy atom. The number of imide groups is 1. The standard InChI is InChI=1S/C26H36N2O2/c1-18-10-9-15-27(17-18)24-23(21-14-13-19(2)20(3)16-21)25(29)28(26(24)30)22-11-7-5-4-6-8-12-22/h13-14,16,18,22H,4-12,15,17H2,1-3H3. The molecule has 1 unspecified atom stereocenters. The van der Waals surface area contributed by atoms with Crippen LogP contribution in [0.3, 0.4) is 0 Å². The fourth-order valence-electron chi connectivity index (χ4n) is 5.40. The van der Waals surface area contributed by atoms with Gasteiger partial charge in [-0.2, -0.15) is 0 Å². The third kappa shape index (κ3) is 4.06. The van der Waals surface area contributed by atoms with Gasteiger partial charge in [0.2, 0.25) is 0 Å². The van der Waals surface area contributed by atoms with Crippen molar-refractivity contribution in [3.05, 3.63) is 40.6 Å². The predicted molar refractivity (Wildman–Crippen MR) is 121 cm³/mol. The van der Waals surface area contributed by atoms with E-state index in [0.29, 0.717) is 17.2 Å². The molecule has 1 saturated heterocycles. The molecule has 2 heterocycles. The summed E-state index contributed by atoms with van der Waals surface area (Å²) in [6, 6.07) is 6.24. The zero-order valence-corrected chi connectivity index (χ0v) is 18.9. The summed E-state index contributed by atoms with van der Waals surface area (Å²) in [6.45, 7) is 8.14. The Labute approximate surface area is 181 Å². The van der Waals surface area contributed by atoms with Gasteiger partial charge < -0.3 is 4.90 Å². The van der Waals surface area contributed by atoms with E-state index < -0.39 is 0 Å². The molecule has 2 fully saturated rings. The first kappa shape index (κ1) is 21.1. The summed E-state index contributed by atoms with van der Waals surface area (Å²) >= 11 is 0. The SMILES string of the molecule is Cc1ccc(C2=C(N3CCCC(C)C3)C(=O)N(C3CCCCCCC3)C2=O)cc1C. The van der Waals surface area contributed by atoms with E-state index in [9.17, 15) is 9.59 Å². The molecular formula is C26H36N2O2. The average Bonchev–Trinajstić information content (AvgIpc) is 2.95. The molecule has 0 spiro atoms. The number of benzene rings is 1. The van der Waals surface area contributed by atoms with Crippen LogP contribution in [-0.4, -0.2) is 40.7 Å². The topological polar surface area (TPSA) is 40.6 Å². The first-order valence-corrected chi connectivity index (χ1v) is 11.9. The third-order valence-corrected chi connectivity index (χ3v) is 7.30. The van der Waals surface area contributed by atoms with E-state index >= 15 is 0 Å². The summed E-state index contributed by atoms with van der Waals surface area (Å²) in [6.07, 6.45) is 10.1. The van der Waals surface area contributed by atoms with Crippen LogP contribution in [0.4, 0.5) is 0 Å². The highest BCUT2D eigenvalue weighted by atomic mass is 16.2. The van der Waals surface area contributed by atoms with Crippen molar-refractivity contribution in [3.63, 3.8) is 0 Å². The van der Waals surface area contributed by atoms with E-state index in [0.717, 1.165) is 56.3 Å². The average molecular weight is 409 g/mol. The van der Waals surface area contributed by atoms with Crippen molar-refractivity contribution in [1.29, 1.82) is 0 Å². The molecule has 2 aliphatic heterocycles. The van der Waals surface area contributed by atoms with Gasteiger partial charge in [0.05, 0.1) is 5.57 Å². The monoisotopic (exact) mass is 408 g/mol. The lowest BCUT2D eigenvalue weighted by Gasteiger charge is -2.34. The number of rotatable bonds is 3. The maximum Gasteiger partial charge on any atom is 0.278 e. The van der Waals surface area contributed by atoms with Crippen molar-refractivity contribution >= 4 is 17.4 Å². The van der Waals surface area contributed by atoms with E-state index in [1.807, 2.05) is 6.07 Å². The molecule has 4 nitrogen and oxygen atoms in total. The van der Waals surface area contributed by atoms with Crippen LogP contribution in [0.1, 0.15) is 81.4 Å². The van der Waals surface area contributed by atoms with Crippen LogP contribution in [0.15, 0.2) is 23.9 Å². The molecule has 1 atom stereocenters. The number of likely N-dealkylation sites (tertiary alicyclic amines) is 1. The van der Waals surface area contributed by atoms with Crippen LogP contribution >= 0.6 is 0 Å². The molecular weight excluding hydrogens is 372 g/mol. The Bertz CT molecular complexity index is 849. The molecule has 1 aromatic carbocycles. The maximum atomic E-state index is 13.8. The smallest absolute Gasteiger partial charge is 0.278 e.